The van der Waals surface area contributed by atoms with Gasteiger partial charge in [-0.25, -0.2) is 5.10 Å². The molecule has 76 valence electrons. The quantitative estimate of drug-likeness (QED) is 0.683. The van der Waals surface area contributed by atoms with E-state index in [1.54, 1.807) is 11.8 Å². The first-order chi connectivity index (χ1) is 6.74. The van der Waals surface area contributed by atoms with E-state index in [1.165, 1.54) is 12.1 Å². The number of nitrogens with one attached hydrogen (secondary N) is 2. The van der Waals surface area contributed by atoms with Gasteiger partial charge in [-0.2, -0.15) is 16.9 Å². The zero-order valence-electron chi connectivity index (χ0n) is 7.74. The van der Waals surface area contributed by atoms with E-state index < -0.39 is 0 Å². The second-order valence-corrected chi connectivity index (χ2v) is 3.54. The van der Waals surface area contributed by atoms with Crippen molar-refractivity contribution in [3.63, 3.8) is 0 Å². The number of hydrogen-bond acceptors (Lipinski definition) is 4. The zero-order valence-corrected chi connectivity index (χ0v) is 8.56. The molecule has 0 spiro atoms. The van der Waals surface area contributed by atoms with Gasteiger partial charge in [0.05, 0.1) is 0 Å². The van der Waals surface area contributed by atoms with Crippen molar-refractivity contribution in [1.29, 1.82) is 0 Å². The highest BCUT2D eigenvalue weighted by Gasteiger charge is 2.05. The Morgan fingerprint density at radius 1 is 1.64 bits per heavy atom. The summed E-state index contributed by atoms with van der Waals surface area (Å²) in [6.07, 6.45) is 1.96. The minimum absolute atomic E-state index is 0.228. The van der Waals surface area contributed by atoms with Crippen molar-refractivity contribution in [1.82, 2.24) is 15.5 Å². The Bertz CT molecular complexity index is 343. The second-order valence-electron chi connectivity index (χ2n) is 2.56. The van der Waals surface area contributed by atoms with Gasteiger partial charge in [0.2, 0.25) is 0 Å². The van der Waals surface area contributed by atoms with Crippen LogP contribution in [-0.4, -0.2) is 34.7 Å². The first kappa shape index (κ1) is 10.8. The highest BCUT2D eigenvalue weighted by molar-refractivity contribution is 7.98. The lowest BCUT2D eigenvalue weighted by atomic mass is 10.4. The fourth-order valence-corrected chi connectivity index (χ4v) is 1.13. The number of rotatable bonds is 4. The molecule has 5 nitrogen and oxygen atoms in total. The van der Waals surface area contributed by atoms with Crippen molar-refractivity contribution < 1.29 is 4.79 Å². The Morgan fingerprint density at radius 2 is 2.43 bits per heavy atom. The molecular weight excluding hydrogens is 202 g/mol. The molecule has 0 saturated heterocycles. The third kappa shape index (κ3) is 3.21. The average molecular weight is 213 g/mol. The highest BCUT2D eigenvalue weighted by Crippen LogP contribution is 1.90. The highest BCUT2D eigenvalue weighted by atomic mass is 32.2. The van der Waals surface area contributed by atoms with E-state index in [9.17, 15) is 9.59 Å². The zero-order chi connectivity index (χ0) is 10.4. The van der Waals surface area contributed by atoms with Gasteiger partial charge in [-0.3, -0.25) is 9.59 Å². The number of aromatic amines is 1. The summed E-state index contributed by atoms with van der Waals surface area (Å²) in [5, 5.41) is 8.48. The van der Waals surface area contributed by atoms with E-state index in [0.29, 0.717) is 6.54 Å². The molecule has 0 fully saturated rings. The van der Waals surface area contributed by atoms with Crippen LogP contribution in [0.25, 0.3) is 0 Å². The molecule has 0 radical (unpaired) electrons. The van der Waals surface area contributed by atoms with Gasteiger partial charge >= 0.3 is 0 Å². The van der Waals surface area contributed by atoms with Crippen molar-refractivity contribution >= 4 is 17.7 Å². The van der Waals surface area contributed by atoms with Crippen molar-refractivity contribution in [2.75, 3.05) is 18.6 Å². The summed E-state index contributed by atoms with van der Waals surface area (Å²) in [6.45, 7) is 0.598. The van der Waals surface area contributed by atoms with Crippen molar-refractivity contribution in [2.24, 2.45) is 0 Å². The standard InChI is InChI=1S/C8H11N3O2S/c1-14-5-4-9-8(13)6-2-3-7(12)11-10-6/h2-3H,4-5H2,1H3,(H,9,13)(H,11,12). The Morgan fingerprint density at radius 3 is 3.00 bits per heavy atom. The van der Waals surface area contributed by atoms with Crippen LogP contribution in [-0.2, 0) is 0 Å². The molecular formula is C8H11N3O2S. The predicted molar refractivity (Wildman–Crippen MR) is 55.6 cm³/mol. The molecule has 0 atom stereocenters. The maximum Gasteiger partial charge on any atom is 0.271 e. The first-order valence-corrected chi connectivity index (χ1v) is 5.46. The van der Waals surface area contributed by atoms with E-state index >= 15 is 0 Å². The average Bonchev–Trinajstić information content (AvgIpc) is 2.19. The third-order valence-electron chi connectivity index (χ3n) is 1.50. The molecule has 2 N–H and O–H groups in total. The lowest BCUT2D eigenvalue weighted by molar-refractivity contribution is 0.0950. The van der Waals surface area contributed by atoms with Crippen LogP contribution in [0.3, 0.4) is 0 Å². The molecule has 0 aliphatic heterocycles. The molecule has 0 saturated carbocycles. The van der Waals surface area contributed by atoms with E-state index in [4.69, 9.17) is 0 Å². The minimum Gasteiger partial charge on any atom is -0.350 e. The van der Waals surface area contributed by atoms with Crippen LogP contribution < -0.4 is 10.9 Å². The van der Waals surface area contributed by atoms with Crippen LogP contribution in [0.4, 0.5) is 0 Å². The molecule has 1 rings (SSSR count). The van der Waals surface area contributed by atoms with Crippen LogP contribution >= 0.6 is 11.8 Å². The van der Waals surface area contributed by atoms with Gasteiger partial charge in [-0.05, 0) is 12.3 Å². The van der Waals surface area contributed by atoms with Gasteiger partial charge in [-0.15, -0.1) is 0 Å². The Kier molecular flexibility index (Phi) is 4.18. The fraction of sp³-hybridized carbons (Fsp3) is 0.375. The van der Waals surface area contributed by atoms with Gasteiger partial charge in [0, 0.05) is 18.4 Å². The Labute approximate surface area is 85.3 Å². The predicted octanol–water partition coefficient (Wildman–Crippen LogP) is -0.137. The van der Waals surface area contributed by atoms with Gasteiger partial charge in [0.15, 0.2) is 0 Å². The Hall–Kier alpha value is -1.30. The summed E-state index contributed by atoms with van der Waals surface area (Å²) in [5.74, 6) is 0.588. The SMILES string of the molecule is CSCCNC(=O)c1ccc(=O)[nH]n1. The maximum absolute atomic E-state index is 11.3. The number of carbonyl (C=O) groups is 1. The van der Waals surface area contributed by atoms with Crippen molar-refractivity contribution in [3.8, 4) is 0 Å². The lowest BCUT2D eigenvalue weighted by Crippen LogP contribution is -2.27. The molecule has 0 unspecified atom stereocenters. The summed E-state index contributed by atoms with van der Waals surface area (Å²) in [4.78, 5) is 22.0. The molecule has 1 aromatic heterocycles. The molecule has 14 heavy (non-hydrogen) atoms. The number of aromatic nitrogens is 2. The van der Waals surface area contributed by atoms with Crippen LogP contribution in [0.5, 0.6) is 0 Å². The van der Waals surface area contributed by atoms with E-state index in [2.05, 4.69) is 15.5 Å². The molecule has 1 heterocycles. The van der Waals surface area contributed by atoms with Crippen molar-refractivity contribution in [2.45, 2.75) is 0 Å². The van der Waals surface area contributed by atoms with Crippen LogP contribution in [0, 0.1) is 0 Å². The molecule has 0 bridgehead atoms. The summed E-state index contributed by atoms with van der Waals surface area (Å²) in [7, 11) is 0. The minimum atomic E-state index is -0.314. The summed E-state index contributed by atoms with van der Waals surface area (Å²) < 4.78 is 0. The number of H-pyrrole nitrogens is 1. The number of hydrogen-bond donors (Lipinski definition) is 2. The van der Waals surface area contributed by atoms with E-state index in [-0.39, 0.29) is 17.2 Å². The lowest BCUT2D eigenvalue weighted by Gasteiger charge is -2.01. The second kappa shape index (κ2) is 5.43. The summed E-state index contributed by atoms with van der Waals surface area (Å²) in [5.41, 5.74) is -0.0867. The molecule has 1 aromatic rings. The van der Waals surface area contributed by atoms with Crippen molar-refractivity contribution in [3.05, 3.63) is 28.2 Å². The largest absolute Gasteiger partial charge is 0.350 e. The topological polar surface area (TPSA) is 74.8 Å². The fourth-order valence-electron chi connectivity index (χ4n) is 0.828. The van der Waals surface area contributed by atoms with Gasteiger partial charge in [-0.1, -0.05) is 0 Å². The number of carbonyl (C=O) groups excluding carboxylic acids is 1. The smallest absolute Gasteiger partial charge is 0.271 e. The summed E-state index contributed by atoms with van der Waals surface area (Å²) >= 11 is 1.65. The molecule has 0 aliphatic carbocycles. The number of amides is 1. The van der Waals surface area contributed by atoms with E-state index in [1.807, 2.05) is 6.26 Å². The van der Waals surface area contributed by atoms with Gasteiger partial charge < -0.3 is 5.32 Å². The molecule has 1 amide bonds. The van der Waals surface area contributed by atoms with Crippen LogP contribution in [0.1, 0.15) is 10.5 Å². The monoisotopic (exact) mass is 213 g/mol. The van der Waals surface area contributed by atoms with Crippen LogP contribution in [0.2, 0.25) is 0 Å². The number of thioether (sulfide) groups is 1. The number of nitrogens with zero attached hydrogens (tertiary/aromatic N) is 1. The molecule has 0 aliphatic rings. The van der Waals surface area contributed by atoms with E-state index in [0.717, 1.165) is 5.75 Å². The maximum atomic E-state index is 11.3. The first-order valence-electron chi connectivity index (χ1n) is 4.07. The normalized spacial score (nSPS) is 9.79. The summed E-state index contributed by atoms with van der Waals surface area (Å²) in [6, 6.07) is 2.67. The van der Waals surface area contributed by atoms with Gasteiger partial charge in [0.1, 0.15) is 5.69 Å². The molecule has 0 aromatic carbocycles. The van der Waals surface area contributed by atoms with Gasteiger partial charge in [0.25, 0.3) is 11.5 Å². The third-order valence-corrected chi connectivity index (χ3v) is 2.12. The van der Waals surface area contributed by atoms with Crippen LogP contribution in [0.15, 0.2) is 16.9 Å². The Balaban J connectivity index is 2.52. The molecule has 6 heteroatoms.